The molecule has 2 aromatic carbocycles. The fourth-order valence-corrected chi connectivity index (χ4v) is 5.66. The molecule has 1 aliphatic carbocycles. The summed E-state index contributed by atoms with van der Waals surface area (Å²) < 4.78 is 17.2. The number of rotatable bonds is 2. The highest BCUT2D eigenvalue weighted by molar-refractivity contribution is 6.12. The Kier molecular flexibility index (Phi) is 4.35. The van der Waals surface area contributed by atoms with Gasteiger partial charge in [0, 0.05) is 23.8 Å². The summed E-state index contributed by atoms with van der Waals surface area (Å²) >= 11 is 0. The third-order valence-corrected chi connectivity index (χ3v) is 7.76. The first kappa shape index (κ1) is 20.0. The van der Waals surface area contributed by atoms with Gasteiger partial charge in [0.05, 0.1) is 5.56 Å². The van der Waals surface area contributed by atoms with Gasteiger partial charge in [0.15, 0.2) is 6.20 Å². The maximum atomic E-state index is 8.42. The zero-order chi connectivity index (χ0) is 23.9. The molecule has 0 amide bonds. The van der Waals surface area contributed by atoms with E-state index in [-0.39, 0.29) is 10.8 Å². The van der Waals surface area contributed by atoms with Crippen LogP contribution < -0.4 is 4.57 Å². The van der Waals surface area contributed by atoms with E-state index in [0.717, 1.165) is 28.0 Å². The number of pyridine rings is 1. The lowest BCUT2D eigenvalue weighted by molar-refractivity contribution is -0.660. The number of nitrogens with zero attached hydrogens (tertiary/aromatic N) is 1. The molecule has 4 aromatic rings. The SMILES string of the molecule is [2H]C(C)(C)c1ccc(-c2c(C)ccc3c2oc2ccc4c(c23)C(C)(C)CCC4(C)C)[n+](C)c1. The van der Waals surface area contributed by atoms with E-state index in [0.29, 0.717) is 0 Å². The number of furan rings is 1. The largest absolute Gasteiger partial charge is 0.455 e. The molecule has 2 aromatic heterocycles. The van der Waals surface area contributed by atoms with Crippen molar-refractivity contribution in [3.8, 4) is 11.3 Å². The summed E-state index contributed by atoms with van der Waals surface area (Å²) in [4.78, 5) is 0. The lowest BCUT2D eigenvalue weighted by Gasteiger charge is -2.42. The predicted molar refractivity (Wildman–Crippen MR) is 134 cm³/mol. The van der Waals surface area contributed by atoms with E-state index < -0.39 is 5.89 Å². The fraction of sp³-hybridized carbons (Fsp3) is 0.433. The van der Waals surface area contributed by atoms with Crippen molar-refractivity contribution in [3.05, 3.63) is 64.8 Å². The highest BCUT2D eigenvalue weighted by Crippen LogP contribution is 2.51. The lowest BCUT2D eigenvalue weighted by atomic mass is 9.62. The van der Waals surface area contributed by atoms with Crippen molar-refractivity contribution in [3.63, 3.8) is 0 Å². The highest BCUT2D eigenvalue weighted by atomic mass is 16.3. The van der Waals surface area contributed by atoms with Crippen LogP contribution in [0.3, 0.4) is 0 Å². The van der Waals surface area contributed by atoms with Gasteiger partial charge in [-0.3, -0.25) is 0 Å². The van der Waals surface area contributed by atoms with Gasteiger partial charge >= 0.3 is 0 Å². The Balaban J connectivity index is 1.85. The van der Waals surface area contributed by atoms with Crippen molar-refractivity contribution in [2.45, 2.75) is 78.0 Å². The zero-order valence-corrected chi connectivity index (χ0v) is 20.8. The van der Waals surface area contributed by atoms with Gasteiger partial charge in [-0.1, -0.05) is 59.7 Å². The van der Waals surface area contributed by atoms with E-state index in [1.54, 1.807) is 0 Å². The summed E-state index contributed by atoms with van der Waals surface area (Å²) in [5.74, 6) is -0.631. The minimum absolute atomic E-state index is 0.109. The highest BCUT2D eigenvalue weighted by Gasteiger charge is 2.39. The monoisotopic (exact) mass is 427 g/mol. The van der Waals surface area contributed by atoms with Crippen LogP contribution in [-0.2, 0) is 17.9 Å². The van der Waals surface area contributed by atoms with Crippen LogP contribution in [0.15, 0.2) is 47.0 Å². The van der Waals surface area contributed by atoms with Gasteiger partial charge in [-0.15, -0.1) is 0 Å². The second-order valence-electron chi connectivity index (χ2n) is 11.3. The van der Waals surface area contributed by atoms with Gasteiger partial charge in [0.2, 0.25) is 5.69 Å². The molecule has 0 N–H and O–H groups in total. The zero-order valence-electron chi connectivity index (χ0n) is 21.8. The van der Waals surface area contributed by atoms with Gasteiger partial charge < -0.3 is 4.42 Å². The summed E-state index contributed by atoms with van der Waals surface area (Å²) in [6.45, 7) is 15.5. The molecule has 2 heteroatoms. The summed E-state index contributed by atoms with van der Waals surface area (Å²) in [6.07, 6.45) is 4.46. The second-order valence-corrected chi connectivity index (χ2v) is 11.3. The molecule has 0 atom stereocenters. The Hall–Kier alpha value is -2.61. The van der Waals surface area contributed by atoms with E-state index in [4.69, 9.17) is 5.79 Å². The Morgan fingerprint density at radius 2 is 1.69 bits per heavy atom. The van der Waals surface area contributed by atoms with Crippen molar-refractivity contribution >= 4 is 21.9 Å². The first-order valence-corrected chi connectivity index (χ1v) is 11.8. The van der Waals surface area contributed by atoms with Crippen molar-refractivity contribution in [1.29, 1.82) is 0 Å². The molecule has 0 saturated carbocycles. The molecule has 0 fully saturated rings. The summed E-state index contributed by atoms with van der Waals surface area (Å²) in [5, 5.41) is 2.49. The van der Waals surface area contributed by atoms with Crippen LogP contribution in [0.2, 0.25) is 0 Å². The lowest BCUT2D eigenvalue weighted by Crippen LogP contribution is -2.33. The molecule has 166 valence electrons. The Bertz CT molecular complexity index is 1420. The molecule has 0 spiro atoms. The first-order chi connectivity index (χ1) is 15.3. The van der Waals surface area contributed by atoms with Crippen LogP contribution in [0.5, 0.6) is 0 Å². The third-order valence-electron chi connectivity index (χ3n) is 7.76. The van der Waals surface area contributed by atoms with Crippen LogP contribution in [0, 0.1) is 6.92 Å². The molecule has 0 saturated heterocycles. The van der Waals surface area contributed by atoms with E-state index in [2.05, 4.69) is 88.8 Å². The van der Waals surface area contributed by atoms with Gasteiger partial charge in [-0.25, -0.2) is 4.57 Å². The number of hydrogen-bond donors (Lipinski definition) is 0. The van der Waals surface area contributed by atoms with Crippen LogP contribution in [0.25, 0.3) is 33.2 Å². The maximum absolute atomic E-state index is 8.42. The molecule has 0 aliphatic heterocycles. The van der Waals surface area contributed by atoms with Crippen molar-refractivity contribution in [2.24, 2.45) is 7.05 Å². The summed E-state index contributed by atoms with van der Waals surface area (Å²) in [7, 11) is 2.07. The van der Waals surface area contributed by atoms with Gasteiger partial charge in [-0.2, -0.15) is 0 Å². The van der Waals surface area contributed by atoms with E-state index >= 15 is 0 Å². The molecule has 0 bridgehead atoms. The van der Waals surface area contributed by atoms with Crippen LogP contribution in [-0.4, -0.2) is 0 Å². The Labute approximate surface area is 193 Å². The normalized spacial score (nSPS) is 18.1. The van der Waals surface area contributed by atoms with Crippen molar-refractivity contribution in [1.82, 2.24) is 0 Å². The summed E-state index contributed by atoms with van der Waals surface area (Å²) in [5.41, 5.74) is 9.59. The molecular formula is C30H36NO+. The quantitative estimate of drug-likeness (QED) is 0.298. The fourth-order valence-electron chi connectivity index (χ4n) is 5.66. The van der Waals surface area contributed by atoms with Gasteiger partial charge in [-0.05, 0) is 65.3 Å². The van der Waals surface area contributed by atoms with Crippen LogP contribution >= 0.6 is 0 Å². The number of benzene rings is 2. The van der Waals surface area contributed by atoms with Crippen molar-refractivity contribution in [2.75, 3.05) is 0 Å². The third kappa shape index (κ3) is 3.03. The van der Waals surface area contributed by atoms with Gasteiger partial charge in [0.1, 0.15) is 18.2 Å². The topological polar surface area (TPSA) is 17.0 Å². The number of aromatic nitrogens is 1. The number of hydrogen-bond acceptors (Lipinski definition) is 1. The standard InChI is InChI=1S/C30H36NO/c1-18(2)20-10-13-23(31(8)17-20)25-19(3)9-11-21-26-24(32-28(21)25)14-12-22-27(26)30(6,7)16-15-29(22,4)5/h9-14,17-18H,15-16H2,1-8H3/q+1/i18D. The minimum Gasteiger partial charge on any atom is -0.455 e. The smallest absolute Gasteiger partial charge is 0.216 e. The summed E-state index contributed by atoms with van der Waals surface area (Å²) in [6, 6.07) is 13.2. The molecular weight excluding hydrogens is 390 g/mol. The average molecular weight is 428 g/mol. The van der Waals surface area contributed by atoms with Crippen LogP contribution in [0.1, 0.15) is 83.9 Å². The minimum atomic E-state index is -0.631. The molecule has 2 heterocycles. The van der Waals surface area contributed by atoms with E-state index in [1.807, 2.05) is 13.8 Å². The average Bonchev–Trinajstić information content (AvgIpc) is 3.09. The van der Waals surface area contributed by atoms with Gasteiger partial charge in [0.25, 0.3) is 0 Å². The molecule has 1 aliphatic rings. The maximum Gasteiger partial charge on any atom is 0.216 e. The molecule has 32 heavy (non-hydrogen) atoms. The predicted octanol–water partition coefficient (Wildman–Crippen LogP) is 7.86. The molecule has 0 unspecified atom stereocenters. The number of aryl methyl sites for hydroxylation is 2. The molecule has 2 nitrogen and oxygen atoms in total. The van der Waals surface area contributed by atoms with Crippen LogP contribution in [0.4, 0.5) is 0 Å². The van der Waals surface area contributed by atoms with Crippen molar-refractivity contribution < 1.29 is 10.4 Å². The molecule has 5 rings (SSSR count). The second kappa shape index (κ2) is 6.94. The van der Waals surface area contributed by atoms with E-state index in [1.165, 1.54) is 40.3 Å². The Morgan fingerprint density at radius 3 is 2.38 bits per heavy atom. The first-order valence-electron chi connectivity index (χ1n) is 12.3. The molecule has 0 radical (unpaired) electrons. The Morgan fingerprint density at radius 1 is 0.969 bits per heavy atom. The number of fused-ring (bicyclic) bond motifs is 5. The van der Waals surface area contributed by atoms with E-state index in [9.17, 15) is 0 Å².